The van der Waals surface area contributed by atoms with Crippen LogP contribution in [0.5, 0.6) is 5.75 Å². The van der Waals surface area contributed by atoms with E-state index in [1.165, 1.54) is 29.2 Å². The average Bonchev–Trinajstić information content (AvgIpc) is 2.97. The van der Waals surface area contributed by atoms with Crippen LogP contribution >= 0.6 is 23.2 Å². The van der Waals surface area contributed by atoms with Crippen molar-refractivity contribution in [2.75, 3.05) is 18.0 Å². The maximum atomic E-state index is 14.1. The van der Waals surface area contributed by atoms with Gasteiger partial charge in [-0.3, -0.25) is 13.9 Å². The highest BCUT2D eigenvalue weighted by atomic mass is 35.5. The summed E-state index contributed by atoms with van der Waals surface area (Å²) in [6.45, 7) is 5.10. The molecule has 0 aliphatic rings. The van der Waals surface area contributed by atoms with Gasteiger partial charge in [-0.25, -0.2) is 8.42 Å². The number of hydrogen-bond acceptors (Lipinski definition) is 5. The second kappa shape index (κ2) is 14.6. The van der Waals surface area contributed by atoms with Crippen molar-refractivity contribution in [3.8, 4) is 5.75 Å². The first kappa shape index (κ1) is 32.2. The Kier molecular flexibility index (Phi) is 11.5. The topological polar surface area (TPSA) is 96.0 Å². The number of benzene rings is 3. The van der Waals surface area contributed by atoms with Crippen LogP contribution in [0.4, 0.5) is 5.69 Å². The van der Waals surface area contributed by atoms with Gasteiger partial charge in [0.05, 0.1) is 27.7 Å². The van der Waals surface area contributed by atoms with Gasteiger partial charge in [-0.2, -0.15) is 0 Å². The molecule has 0 aliphatic heterocycles. The zero-order valence-electron chi connectivity index (χ0n) is 23.5. The second-order valence-electron chi connectivity index (χ2n) is 9.51. The number of methoxy groups -OCH3 is 1. The molecule has 3 aromatic carbocycles. The summed E-state index contributed by atoms with van der Waals surface area (Å²) in [6, 6.07) is 18.5. The molecule has 0 aromatic heterocycles. The number of sulfonamides is 1. The molecule has 0 radical (unpaired) electrons. The molecule has 0 saturated heterocycles. The van der Waals surface area contributed by atoms with Crippen LogP contribution in [0.3, 0.4) is 0 Å². The van der Waals surface area contributed by atoms with E-state index in [4.69, 9.17) is 27.9 Å². The van der Waals surface area contributed by atoms with Gasteiger partial charge < -0.3 is 15.0 Å². The van der Waals surface area contributed by atoms with Crippen LogP contribution in [0.15, 0.2) is 77.7 Å². The molecule has 41 heavy (non-hydrogen) atoms. The van der Waals surface area contributed by atoms with Gasteiger partial charge in [0.2, 0.25) is 11.8 Å². The van der Waals surface area contributed by atoms with E-state index in [-0.39, 0.29) is 39.1 Å². The van der Waals surface area contributed by atoms with E-state index in [2.05, 4.69) is 5.32 Å². The molecule has 2 atom stereocenters. The molecule has 2 amide bonds. The molecule has 11 heteroatoms. The summed E-state index contributed by atoms with van der Waals surface area (Å²) < 4.78 is 34.0. The molecule has 0 spiro atoms. The van der Waals surface area contributed by atoms with Crippen molar-refractivity contribution in [1.82, 2.24) is 10.2 Å². The highest BCUT2D eigenvalue weighted by Crippen LogP contribution is 2.35. The van der Waals surface area contributed by atoms with Crippen LogP contribution in [-0.4, -0.2) is 50.9 Å². The van der Waals surface area contributed by atoms with Gasteiger partial charge in [-0.15, -0.1) is 0 Å². The lowest BCUT2D eigenvalue weighted by molar-refractivity contribution is -0.140. The number of carbonyl (C=O) groups excluding carboxylic acids is 2. The number of halogens is 2. The van der Waals surface area contributed by atoms with Crippen molar-refractivity contribution >= 4 is 50.7 Å². The fourth-order valence-electron chi connectivity index (χ4n) is 4.21. The second-order valence-corrected chi connectivity index (χ2v) is 12.2. The molecule has 2 unspecified atom stereocenters. The van der Waals surface area contributed by atoms with Crippen LogP contribution in [0, 0.1) is 0 Å². The number of hydrogen-bond donors (Lipinski definition) is 1. The van der Waals surface area contributed by atoms with Crippen LogP contribution < -0.4 is 14.4 Å². The van der Waals surface area contributed by atoms with Gasteiger partial charge in [0, 0.05) is 12.6 Å². The summed E-state index contributed by atoms with van der Waals surface area (Å²) in [7, 11) is -2.70. The van der Waals surface area contributed by atoms with Gasteiger partial charge in [-0.1, -0.05) is 73.4 Å². The van der Waals surface area contributed by atoms with E-state index in [9.17, 15) is 18.0 Å². The van der Waals surface area contributed by atoms with Gasteiger partial charge in [-0.05, 0) is 61.7 Å². The molecule has 3 aromatic rings. The number of nitrogens with zero attached hydrogens (tertiary/aromatic N) is 2. The van der Waals surface area contributed by atoms with Crippen molar-refractivity contribution < 1.29 is 22.7 Å². The monoisotopic (exact) mass is 619 g/mol. The predicted molar refractivity (Wildman–Crippen MR) is 163 cm³/mol. The van der Waals surface area contributed by atoms with E-state index >= 15 is 0 Å². The summed E-state index contributed by atoms with van der Waals surface area (Å²) >= 11 is 12.7. The van der Waals surface area contributed by atoms with Crippen LogP contribution in [-0.2, 0) is 26.2 Å². The van der Waals surface area contributed by atoms with Crippen LogP contribution in [0.1, 0.15) is 39.2 Å². The molecule has 0 fully saturated rings. The van der Waals surface area contributed by atoms with Gasteiger partial charge in [0.25, 0.3) is 10.0 Å². The molecule has 0 saturated carbocycles. The smallest absolute Gasteiger partial charge is 0.264 e. The Labute approximate surface area is 252 Å². The van der Waals surface area contributed by atoms with E-state index in [0.29, 0.717) is 18.6 Å². The summed E-state index contributed by atoms with van der Waals surface area (Å²) in [5.74, 6) is -0.256. The maximum Gasteiger partial charge on any atom is 0.264 e. The van der Waals surface area contributed by atoms with Gasteiger partial charge >= 0.3 is 0 Å². The minimum absolute atomic E-state index is 0.00951. The largest absolute Gasteiger partial charge is 0.497 e. The van der Waals surface area contributed by atoms with E-state index < -0.39 is 28.5 Å². The number of anilines is 1. The molecule has 1 N–H and O–H groups in total. The van der Waals surface area contributed by atoms with E-state index in [1.54, 1.807) is 55.6 Å². The van der Waals surface area contributed by atoms with Crippen molar-refractivity contribution in [1.29, 1.82) is 0 Å². The fourth-order valence-corrected chi connectivity index (χ4v) is 6.10. The fraction of sp³-hybridized carbons (Fsp3) is 0.333. The minimum Gasteiger partial charge on any atom is -0.497 e. The zero-order valence-corrected chi connectivity index (χ0v) is 25.8. The highest BCUT2D eigenvalue weighted by molar-refractivity contribution is 7.92. The lowest BCUT2D eigenvalue weighted by atomic mass is 10.1. The van der Waals surface area contributed by atoms with E-state index in [0.717, 1.165) is 9.87 Å². The molecule has 220 valence electrons. The van der Waals surface area contributed by atoms with E-state index in [1.807, 2.05) is 20.8 Å². The number of nitrogens with one attached hydrogen (secondary N) is 1. The minimum atomic E-state index is -4.25. The SMILES string of the molecule is CCC(C)NC(=O)C(CC)N(Cc1ccc(OC)cc1)C(=O)CN(c1cccc(Cl)c1Cl)S(=O)(=O)c1ccccc1. The molecular weight excluding hydrogens is 585 g/mol. The Morgan fingerprint density at radius 1 is 0.927 bits per heavy atom. The predicted octanol–water partition coefficient (Wildman–Crippen LogP) is 5.92. The van der Waals surface area contributed by atoms with Crippen LogP contribution in [0.25, 0.3) is 0 Å². The van der Waals surface area contributed by atoms with Crippen molar-refractivity contribution in [3.63, 3.8) is 0 Å². The number of rotatable bonds is 13. The Hall–Kier alpha value is -3.27. The summed E-state index contributed by atoms with van der Waals surface area (Å²) in [5.41, 5.74) is 0.796. The quantitative estimate of drug-likeness (QED) is 0.256. The zero-order chi connectivity index (χ0) is 30.2. The first-order valence-electron chi connectivity index (χ1n) is 13.3. The third kappa shape index (κ3) is 7.93. The third-order valence-corrected chi connectivity index (χ3v) is 9.29. The average molecular weight is 621 g/mol. The lowest BCUT2D eigenvalue weighted by Gasteiger charge is -2.34. The first-order chi connectivity index (χ1) is 19.5. The molecular formula is C30H35Cl2N3O5S. The molecule has 0 aliphatic carbocycles. The number of ether oxygens (including phenoxy) is 1. The molecule has 8 nitrogen and oxygen atoms in total. The Morgan fingerprint density at radius 3 is 2.17 bits per heavy atom. The molecule has 0 bridgehead atoms. The molecule has 3 rings (SSSR count). The standard InChI is InChI=1S/C30H35Cl2N3O5S/c1-5-21(3)33-30(37)26(6-2)34(19-22-15-17-23(40-4)18-16-22)28(36)20-35(27-14-10-13-25(31)29(27)32)41(38,39)24-11-8-7-9-12-24/h7-18,21,26H,5-6,19-20H2,1-4H3,(H,33,37). The normalized spacial score (nSPS) is 12.7. The lowest BCUT2D eigenvalue weighted by Crippen LogP contribution is -2.53. The first-order valence-corrected chi connectivity index (χ1v) is 15.5. The third-order valence-electron chi connectivity index (χ3n) is 6.71. The molecule has 0 heterocycles. The van der Waals surface area contributed by atoms with Gasteiger partial charge in [0.15, 0.2) is 0 Å². The number of carbonyl (C=O) groups is 2. The number of amides is 2. The van der Waals surface area contributed by atoms with Gasteiger partial charge in [0.1, 0.15) is 18.3 Å². The summed E-state index contributed by atoms with van der Waals surface area (Å²) in [4.78, 5) is 28.9. The summed E-state index contributed by atoms with van der Waals surface area (Å²) in [5, 5.41) is 3.08. The van der Waals surface area contributed by atoms with Crippen molar-refractivity contribution in [3.05, 3.63) is 88.4 Å². The van der Waals surface area contributed by atoms with Crippen LogP contribution in [0.2, 0.25) is 10.0 Å². The van der Waals surface area contributed by atoms with Crippen molar-refractivity contribution in [2.24, 2.45) is 0 Å². The van der Waals surface area contributed by atoms with Crippen molar-refractivity contribution in [2.45, 2.75) is 57.1 Å². The Balaban J connectivity index is 2.08. The Bertz CT molecular complexity index is 1440. The Morgan fingerprint density at radius 2 is 1.59 bits per heavy atom. The highest BCUT2D eigenvalue weighted by Gasteiger charge is 2.34. The maximum absolute atomic E-state index is 14.1. The summed E-state index contributed by atoms with van der Waals surface area (Å²) in [6.07, 6.45) is 1.03.